The molecule has 1 aromatic rings. The van der Waals surface area contributed by atoms with E-state index in [9.17, 15) is 21.6 Å². The van der Waals surface area contributed by atoms with Gasteiger partial charge in [-0.15, -0.1) is 0 Å². The van der Waals surface area contributed by atoms with E-state index in [0.29, 0.717) is 19.4 Å². The van der Waals surface area contributed by atoms with Crippen LogP contribution in [-0.4, -0.2) is 52.1 Å². The van der Waals surface area contributed by atoms with Crippen molar-refractivity contribution in [3.63, 3.8) is 0 Å². The van der Waals surface area contributed by atoms with Gasteiger partial charge >= 0.3 is 0 Å². The fourth-order valence-electron chi connectivity index (χ4n) is 3.01. The molecular formula is C17H26N2O5S2. The Morgan fingerprint density at radius 2 is 1.85 bits per heavy atom. The zero-order chi connectivity index (χ0) is 19.5. The Bertz CT molecular complexity index is 848. The predicted octanol–water partition coefficient (Wildman–Crippen LogP) is 1.33. The van der Waals surface area contributed by atoms with Gasteiger partial charge in [-0.05, 0) is 44.4 Å². The smallest absolute Gasteiger partial charge is 0.224 e. The monoisotopic (exact) mass is 402 g/mol. The van der Waals surface area contributed by atoms with E-state index in [1.165, 1.54) is 16.4 Å². The van der Waals surface area contributed by atoms with Crippen LogP contribution in [-0.2, 0) is 24.7 Å². The van der Waals surface area contributed by atoms with Gasteiger partial charge in [0.15, 0.2) is 9.84 Å². The molecule has 1 fully saturated rings. The number of piperidine rings is 1. The molecule has 1 saturated heterocycles. The van der Waals surface area contributed by atoms with E-state index >= 15 is 0 Å². The summed E-state index contributed by atoms with van der Waals surface area (Å²) in [4.78, 5) is 12.8. The first-order valence-corrected chi connectivity index (χ1v) is 12.1. The molecule has 0 unspecified atom stereocenters. The summed E-state index contributed by atoms with van der Waals surface area (Å²) in [6, 6.07) is 6.09. The van der Waals surface area contributed by atoms with Crippen LogP contribution in [0, 0.1) is 5.92 Å². The highest BCUT2D eigenvalue weighted by Crippen LogP contribution is 2.22. The maximum absolute atomic E-state index is 12.5. The first-order valence-electron chi connectivity index (χ1n) is 8.63. The molecule has 146 valence electrons. The van der Waals surface area contributed by atoms with Gasteiger partial charge in [0.05, 0.1) is 22.6 Å². The first kappa shape index (κ1) is 20.9. The molecule has 0 saturated carbocycles. The highest BCUT2D eigenvalue weighted by molar-refractivity contribution is 7.90. The van der Waals surface area contributed by atoms with Crippen molar-refractivity contribution in [2.45, 2.75) is 37.6 Å². The number of nitrogens with one attached hydrogen (secondary N) is 1. The fourth-order valence-corrected chi connectivity index (χ4v) is 4.82. The maximum Gasteiger partial charge on any atom is 0.224 e. The summed E-state index contributed by atoms with van der Waals surface area (Å²) in [5.41, 5.74) is 0.791. The van der Waals surface area contributed by atoms with E-state index in [-0.39, 0.29) is 35.1 Å². The van der Waals surface area contributed by atoms with Crippen LogP contribution in [0.3, 0.4) is 0 Å². The van der Waals surface area contributed by atoms with Gasteiger partial charge in [0, 0.05) is 19.3 Å². The lowest BCUT2D eigenvalue weighted by Crippen LogP contribution is -2.46. The SMILES string of the molecule is CCS(=O)(=O)N1CCC[C@H](C(=O)N[C@@H](C)c2ccc(S(C)(=O)=O)cc2)C1. The second-order valence-corrected chi connectivity index (χ2v) is 10.9. The molecule has 1 N–H and O–H groups in total. The number of carbonyl (C=O) groups excluding carboxylic acids is 1. The summed E-state index contributed by atoms with van der Waals surface area (Å²) in [7, 11) is -6.55. The molecule has 2 rings (SSSR count). The van der Waals surface area contributed by atoms with Gasteiger partial charge in [-0.2, -0.15) is 0 Å². The lowest BCUT2D eigenvalue weighted by atomic mass is 9.98. The molecule has 0 radical (unpaired) electrons. The number of sulfonamides is 1. The molecule has 1 aliphatic rings. The van der Waals surface area contributed by atoms with Crippen LogP contribution in [0.25, 0.3) is 0 Å². The number of rotatable bonds is 6. The molecule has 0 bridgehead atoms. The number of sulfone groups is 1. The Morgan fingerprint density at radius 1 is 1.23 bits per heavy atom. The van der Waals surface area contributed by atoms with Crippen molar-refractivity contribution in [2.24, 2.45) is 5.92 Å². The molecule has 9 heteroatoms. The normalized spacial score (nSPS) is 20.5. The number of nitrogens with zero attached hydrogens (tertiary/aromatic N) is 1. The van der Waals surface area contributed by atoms with Gasteiger partial charge in [0.2, 0.25) is 15.9 Å². The summed E-state index contributed by atoms with van der Waals surface area (Å²) < 4.78 is 48.5. The zero-order valence-corrected chi connectivity index (χ0v) is 16.9. The molecule has 26 heavy (non-hydrogen) atoms. The third-order valence-corrected chi connectivity index (χ3v) is 7.66. The average Bonchev–Trinajstić information content (AvgIpc) is 2.61. The molecule has 0 spiro atoms. The fraction of sp³-hybridized carbons (Fsp3) is 0.588. The molecule has 1 aliphatic heterocycles. The van der Waals surface area contributed by atoms with Gasteiger partial charge in [-0.25, -0.2) is 21.1 Å². The molecular weight excluding hydrogens is 376 g/mol. The third kappa shape index (κ3) is 5.05. The van der Waals surface area contributed by atoms with Crippen LogP contribution in [0.15, 0.2) is 29.2 Å². The van der Waals surface area contributed by atoms with Crippen molar-refractivity contribution in [3.8, 4) is 0 Å². The van der Waals surface area contributed by atoms with E-state index in [0.717, 1.165) is 11.8 Å². The van der Waals surface area contributed by atoms with Gasteiger partial charge in [-0.3, -0.25) is 4.79 Å². The number of benzene rings is 1. The van der Waals surface area contributed by atoms with Gasteiger partial charge in [0.25, 0.3) is 0 Å². The maximum atomic E-state index is 12.5. The topological polar surface area (TPSA) is 101 Å². The molecule has 1 aromatic carbocycles. The largest absolute Gasteiger partial charge is 0.349 e. The number of amides is 1. The minimum atomic E-state index is -3.29. The van der Waals surface area contributed by atoms with E-state index in [1.807, 2.05) is 6.92 Å². The van der Waals surface area contributed by atoms with Crippen LogP contribution in [0.4, 0.5) is 0 Å². The highest BCUT2D eigenvalue weighted by Gasteiger charge is 2.31. The Balaban J connectivity index is 2.02. The quantitative estimate of drug-likeness (QED) is 0.774. The molecule has 1 heterocycles. The summed E-state index contributed by atoms with van der Waals surface area (Å²) in [6.45, 7) is 4.09. The average molecular weight is 403 g/mol. The van der Waals surface area contributed by atoms with Crippen LogP contribution in [0.5, 0.6) is 0 Å². The lowest BCUT2D eigenvalue weighted by Gasteiger charge is -2.31. The predicted molar refractivity (Wildman–Crippen MR) is 99.9 cm³/mol. The van der Waals surface area contributed by atoms with Crippen molar-refractivity contribution in [1.82, 2.24) is 9.62 Å². The Hall–Kier alpha value is -1.45. The van der Waals surface area contributed by atoms with Gasteiger partial charge in [0.1, 0.15) is 0 Å². The van der Waals surface area contributed by atoms with Crippen LogP contribution in [0.1, 0.15) is 38.3 Å². The van der Waals surface area contributed by atoms with Crippen molar-refractivity contribution < 1.29 is 21.6 Å². The van der Waals surface area contributed by atoms with E-state index in [1.54, 1.807) is 19.1 Å². The molecule has 0 aliphatic carbocycles. The van der Waals surface area contributed by atoms with E-state index < -0.39 is 19.9 Å². The second-order valence-electron chi connectivity index (χ2n) is 6.67. The minimum absolute atomic E-state index is 0.0322. The standard InChI is InChI=1S/C17H26N2O5S2/c1-4-26(23,24)19-11-5-6-15(12-19)17(20)18-13(2)14-7-9-16(10-8-14)25(3,21)22/h7-10,13,15H,4-6,11-12H2,1-3H3,(H,18,20)/t13-,15-/m0/s1. The van der Waals surface area contributed by atoms with Crippen LogP contribution < -0.4 is 5.32 Å². The number of hydrogen-bond acceptors (Lipinski definition) is 5. The summed E-state index contributed by atoms with van der Waals surface area (Å²) in [6.07, 6.45) is 2.46. The van der Waals surface area contributed by atoms with Crippen LogP contribution >= 0.6 is 0 Å². The molecule has 1 amide bonds. The number of hydrogen-bond donors (Lipinski definition) is 1. The Morgan fingerprint density at radius 3 is 2.38 bits per heavy atom. The third-order valence-electron chi connectivity index (χ3n) is 4.68. The lowest BCUT2D eigenvalue weighted by molar-refractivity contribution is -0.126. The van der Waals surface area contributed by atoms with Gasteiger partial charge < -0.3 is 5.32 Å². The highest BCUT2D eigenvalue weighted by atomic mass is 32.2. The zero-order valence-electron chi connectivity index (χ0n) is 15.3. The second kappa shape index (κ2) is 8.06. The summed E-state index contributed by atoms with van der Waals surface area (Å²) in [5, 5.41) is 2.90. The van der Waals surface area contributed by atoms with Crippen molar-refractivity contribution >= 4 is 25.8 Å². The molecule has 0 aromatic heterocycles. The molecule has 7 nitrogen and oxygen atoms in total. The summed E-state index contributed by atoms with van der Waals surface area (Å²) >= 11 is 0. The van der Waals surface area contributed by atoms with Crippen molar-refractivity contribution in [2.75, 3.05) is 25.1 Å². The van der Waals surface area contributed by atoms with E-state index in [2.05, 4.69) is 5.32 Å². The van der Waals surface area contributed by atoms with Gasteiger partial charge in [-0.1, -0.05) is 12.1 Å². The number of carbonyl (C=O) groups is 1. The van der Waals surface area contributed by atoms with Crippen molar-refractivity contribution in [1.29, 1.82) is 0 Å². The minimum Gasteiger partial charge on any atom is -0.349 e. The molecule has 2 atom stereocenters. The Labute approximate surface area is 155 Å². The first-order chi connectivity index (χ1) is 12.0. The van der Waals surface area contributed by atoms with Crippen molar-refractivity contribution in [3.05, 3.63) is 29.8 Å². The Kier molecular flexibility index (Phi) is 6.46. The van der Waals surface area contributed by atoms with E-state index in [4.69, 9.17) is 0 Å². The van der Waals surface area contributed by atoms with Crippen LogP contribution in [0.2, 0.25) is 0 Å². The summed E-state index contributed by atoms with van der Waals surface area (Å²) in [5.74, 6) is -0.520.